The second-order valence-corrected chi connectivity index (χ2v) is 6.50. The van der Waals surface area contributed by atoms with Crippen LogP contribution in [0.25, 0.3) is 0 Å². The molecular weight excluding hydrogens is 274 g/mol. The van der Waals surface area contributed by atoms with Crippen molar-refractivity contribution < 1.29 is 8.42 Å². The Bertz CT molecular complexity index is 627. The summed E-state index contributed by atoms with van der Waals surface area (Å²) in [7, 11) is -3.43. The van der Waals surface area contributed by atoms with Gasteiger partial charge in [-0.15, -0.1) is 0 Å². The lowest BCUT2D eigenvalue weighted by atomic mass is 10.2. The Kier molecular flexibility index (Phi) is 6.17. The van der Waals surface area contributed by atoms with E-state index in [9.17, 15) is 8.42 Å². The monoisotopic (exact) mass is 291 g/mol. The summed E-state index contributed by atoms with van der Waals surface area (Å²) in [5.41, 5.74) is 0.327. The van der Waals surface area contributed by atoms with Crippen molar-refractivity contribution in [3.8, 4) is 12.1 Å². The number of hydrogen-bond donors (Lipinski definition) is 0. The van der Waals surface area contributed by atoms with Gasteiger partial charge in [0.1, 0.15) is 0 Å². The molecule has 0 radical (unpaired) electrons. The lowest BCUT2D eigenvalue weighted by Crippen LogP contribution is -2.30. The van der Waals surface area contributed by atoms with Gasteiger partial charge in [0.05, 0.1) is 34.9 Å². The highest BCUT2D eigenvalue weighted by Gasteiger charge is 2.16. The summed E-state index contributed by atoms with van der Waals surface area (Å²) >= 11 is 0. The van der Waals surface area contributed by atoms with Crippen molar-refractivity contribution in [1.82, 2.24) is 4.90 Å². The number of sulfone groups is 1. The zero-order valence-corrected chi connectivity index (χ0v) is 12.2. The van der Waals surface area contributed by atoms with E-state index in [1.807, 2.05) is 24.0 Å². The molecule has 0 aliphatic carbocycles. The van der Waals surface area contributed by atoms with Crippen LogP contribution in [-0.2, 0) is 9.84 Å². The van der Waals surface area contributed by atoms with Crippen LogP contribution in [0.2, 0.25) is 0 Å². The molecule has 0 aliphatic rings. The largest absolute Gasteiger partial charge is 0.290 e. The first kappa shape index (κ1) is 16.2. The van der Waals surface area contributed by atoms with Crippen molar-refractivity contribution in [1.29, 1.82) is 10.5 Å². The molecule has 0 saturated heterocycles. The van der Waals surface area contributed by atoms with Crippen LogP contribution in [0, 0.1) is 22.7 Å². The van der Waals surface area contributed by atoms with Crippen molar-refractivity contribution in [2.45, 2.75) is 18.2 Å². The molecule has 0 fully saturated rings. The summed E-state index contributed by atoms with van der Waals surface area (Å²) in [4.78, 5) is 1.97. The minimum Gasteiger partial charge on any atom is -0.290 e. The van der Waals surface area contributed by atoms with Gasteiger partial charge in [-0.3, -0.25) is 4.90 Å². The van der Waals surface area contributed by atoms with E-state index in [0.29, 0.717) is 18.7 Å². The highest BCUT2D eigenvalue weighted by Crippen LogP contribution is 2.13. The predicted molar refractivity (Wildman–Crippen MR) is 75.6 cm³/mol. The first-order chi connectivity index (χ1) is 9.53. The van der Waals surface area contributed by atoms with Crippen LogP contribution in [0.3, 0.4) is 0 Å². The molecule has 0 amide bonds. The lowest BCUT2D eigenvalue weighted by Gasteiger charge is -2.17. The lowest BCUT2D eigenvalue weighted by molar-refractivity contribution is 0.324. The van der Waals surface area contributed by atoms with E-state index < -0.39 is 9.84 Å². The molecule has 0 unspecified atom stereocenters. The summed E-state index contributed by atoms with van der Waals surface area (Å²) in [6.45, 7) is 3.22. The van der Waals surface area contributed by atoms with Gasteiger partial charge in [0.15, 0.2) is 9.84 Å². The third-order valence-electron chi connectivity index (χ3n) is 2.83. The zero-order chi connectivity index (χ0) is 15.0. The fourth-order valence-corrected chi connectivity index (χ4v) is 3.14. The molecule has 106 valence electrons. The molecule has 1 aromatic rings. The molecule has 0 aromatic heterocycles. The van der Waals surface area contributed by atoms with E-state index in [1.54, 1.807) is 12.1 Å². The van der Waals surface area contributed by atoms with E-state index in [1.165, 1.54) is 12.1 Å². The molecular formula is C14H17N3O2S. The smallest absolute Gasteiger partial charge is 0.179 e. The van der Waals surface area contributed by atoms with Gasteiger partial charge in [-0.25, -0.2) is 8.42 Å². The predicted octanol–water partition coefficient (Wildman–Crippen LogP) is 1.57. The minimum absolute atomic E-state index is 0.0520. The van der Waals surface area contributed by atoms with E-state index in [0.717, 1.165) is 6.42 Å². The minimum atomic E-state index is -3.43. The Morgan fingerprint density at radius 2 is 2.00 bits per heavy atom. The van der Waals surface area contributed by atoms with Crippen molar-refractivity contribution >= 4 is 9.84 Å². The molecule has 0 aliphatic heterocycles. The van der Waals surface area contributed by atoms with E-state index in [2.05, 4.69) is 0 Å². The Morgan fingerprint density at radius 3 is 2.60 bits per heavy atom. The van der Waals surface area contributed by atoms with Crippen LogP contribution in [0.5, 0.6) is 0 Å². The number of nitrogens with zero attached hydrogens (tertiary/aromatic N) is 3. The fourth-order valence-electron chi connectivity index (χ4n) is 1.81. The zero-order valence-electron chi connectivity index (χ0n) is 11.4. The highest BCUT2D eigenvalue weighted by atomic mass is 32.2. The van der Waals surface area contributed by atoms with Crippen LogP contribution in [-0.4, -0.2) is 38.7 Å². The van der Waals surface area contributed by atoms with Gasteiger partial charge >= 0.3 is 0 Å². The standard InChI is InChI=1S/C14H17N3O2S/c1-2-7-17(8-6-15)9-10-20(18,19)14-5-3-4-13(11-14)12-16/h3-5,11H,2,7-10H2,1H3. The average molecular weight is 291 g/mol. The first-order valence-corrected chi connectivity index (χ1v) is 8.01. The quantitative estimate of drug-likeness (QED) is 0.712. The third-order valence-corrected chi connectivity index (χ3v) is 4.52. The molecule has 0 N–H and O–H groups in total. The van der Waals surface area contributed by atoms with Gasteiger partial charge in [-0.2, -0.15) is 10.5 Å². The van der Waals surface area contributed by atoms with Crippen molar-refractivity contribution in [3.05, 3.63) is 29.8 Å². The highest BCUT2D eigenvalue weighted by molar-refractivity contribution is 7.91. The maximum Gasteiger partial charge on any atom is 0.179 e. The van der Waals surface area contributed by atoms with E-state index in [4.69, 9.17) is 10.5 Å². The third kappa shape index (κ3) is 4.65. The maximum atomic E-state index is 12.2. The molecule has 6 heteroatoms. The number of rotatable bonds is 7. The van der Waals surface area contributed by atoms with Crippen molar-refractivity contribution in [3.63, 3.8) is 0 Å². The van der Waals surface area contributed by atoms with Gasteiger partial charge in [0.25, 0.3) is 0 Å². The summed E-state index contributed by atoms with van der Waals surface area (Å²) in [6.07, 6.45) is 0.867. The fraction of sp³-hybridized carbons (Fsp3) is 0.429. The molecule has 0 saturated carbocycles. The number of benzene rings is 1. The molecule has 5 nitrogen and oxygen atoms in total. The second kappa shape index (κ2) is 7.64. The Balaban J connectivity index is 2.79. The summed E-state index contributed by atoms with van der Waals surface area (Å²) in [5.74, 6) is -0.0520. The summed E-state index contributed by atoms with van der Waals surface area (Å²) in [5, 5.41) is 17.5. The molecule has 1 rings (SSSR count). The van der Waals surface area contributed by atoms with Crippen LogP contribution in [0.1, 0.15) is 18.9 Å². The second-order valence-electron chi connectivity index (χ2n) is 4.39. The Morgan fingerprint density at radius 1 is 1.25 bits per heavy atom. The maximum absolute atomic E-state index is 12.2. The van der Waals surface area contributed by atoms with Gasteiger partial charge < -0.3 is 0 Å². The van der Waals surface area contributed by atoms with Crippen molar-refractivity contribution in [2.24, 2.45) is 0 Å². The first-order valence-electron chi connectivity index (χ1n) is 6.35. The molecule has 20 heavy (non-hydrogen) atoms. The SMILES string of the molecule is CCCN(CC#N)CCS(=O)(=O)c1cccc(C#N)c1. The molecule has 0 bridgehead atoms. The Hall–Kier alpha value is -1.89. The summed E-state index contributed by atoms with van der Waals surface area (Å²) in [6, 6.07) is 9.96. The van der Waals surface area contributed by atoms with Crippen molar-refractivity contribution in [2.75, 3.05) is 25.4 Å². The molecule has 0 heterocycles. The number of hydrogen-bond acceptors (Lipinski definition) is 5. The average Bonchev–Trinajstić information content (AvgIpc) is 2.45. The van der Waals surface area contributed by atoms with Crippen LogP contribution >= 0.6 is 0 Å². The Labute approximate surface area is 120 Å². The van der Waals surface area contributed by atoms with Crippen LogP contribution < -0.4 is 0 Å². The van der Waals surface area contributed by atoms with E-state index >= 15 is 0 Å². The van der Waals surface area contributed by atoms with Gasteiger partial charge in [0, 0.05) is 6.54 Å². The number of nitriles is 2. The van der Waals surface area contributed by atoms with Gasteiger partial charge in [-0.05, 0) is 31.2 Å². The normalized spacial score (nSPS) is 11.0. The molecule has 0 spiro atoms. The van der Waals surface area contributed by atoms with Crippen LogP contribution in [0.15, 0.2) is 29.2 Å². The van der Waals surface area contributed by atoms with Gasteiger partial charge in [0.2, 0.25) is 0 Å². The van der Waals surface area contributed by atoms with Crippen LogP contribution in [0.4, 0.5) is 0 Å². The molecule has 0 atom stereocenters. The topological polar surface area (TPSA) is 85.0 Å². The van der Waals surface area contributed by atoms with Gasteiger partial charge in [-0.1, -0.05) is 13.0 Å². The molecule has 1 aromatic carbocycles. The summed E-state index contributed by atoms with van der Waals surface area (Å²) < 4.78 is 24.4. The van der Waals surface area contributed by atoms with E-state index in [-0.39, 0.29) is 17.2 Å².